The lowest BCUT2D eigenvalue weighted by Gasteiger charge is -2.35. The predicted octanol–water partition coefficient (Wildman–Crippen LogP) is 4.70. The van der Waals surface area contributed by atoms with Crippen LogP contribution in [0.15, 0.2) is 53.3 Å². The number of amides is 2. The molecule has 0 aliphatic carbocycles. The quantitative estimate of drug-likeness (QED) is 0.569. The van der Waals surface area contributed by atoms with E-state index < -0.39 is 17.5 Å². The second-order valence-electron chi connectivity index (χ2n) is 9.66. The normalized spacial score (nSPS) is 11.7. The minimum absolute atomic E-state index is 0.0402. The van der Waals surface area contributed by atoms with Crippen molar-refractivity contribution in [3.63, 3.8) is 0 Å². The molecule has 3 N–H and O–H groups in total. The van der Waals surface area contributed by atoms with Gasteiger partial charge < -0.3 is 15.4 Å². The predicted molar refractivity (Wildman–Crippen MR) is 130 cm³/mol. The smallest absolute Gasteiger partial charge is 0.408 e. The number of carboxylic acid groups (broad SMARTS) is 1. The highest BCUT2D eigenvalue weighted by atomic mass is 16.4. The lowest BCUT2D eigenvalue weighted by Crippen LogP contribution is -2.45. The average Bonchev–Trinajstić information content (AvgIpc) is 2.73. The first-order valence-electron chi connectivity index (χ1n) is 11.0. The van der Waals surface area contributed by atoms with E-state index in [4.69, 9.17) is 5.73 Å². The molecule has 1 heterocycles. The largest absolute Gasteiger partial charge is 0.465 e. The Labute approximate surface area is 193 Å². The van der Waals surface area contributed by atoms with Gasteiger partial charge in [-0.15, -0.1) is 0 Å². The first-order chi connectivity index (χ1) is 15.4. The van der Waals surface area contributed by atoms with E-state index in [2.05, 4.69) is 0 Å². The number of carbonyl (C=O) groups is 2. The second-order valence-corrected chi connectivity index (χ2v) is 9.66. The van der Waals surface area contributed by atoms with Gasteiger partial charge in [0, 0.05) is 34.3 Å². The summed E-state index contributed by atoms with van der Waals surface area (Å²) in [6.07, 6.45) is -1.06. The molecule has 1 aromatic heterocycles. The Bertz CT molecular complexity index is 1250. The van der Waals surface area contributed by atoms with E-state index >= 15 is 0 Å². The van der Waals surface area contributed by atoms with Crippen LogP contribution < -0.4 is 11.3 Å². The van der Waals surface area contributed by atoms with Crippen LogP contribution in [0.3, 0.4) is 0 Å². The molecule has 2 aromatic carbocycles. The van der Waals surface area contributed by atoms with Gasteiger partial charge in [0.2, 0.25) is 5.91 Å². The lowest BCUT2D eigenvalue weighted by molar-refractivity contribution is 0.0936. The molecule has 7 nitrogen and oxygen atoms in total. The third-order valence-electron chi connectivity index (χ3n) is 5.62. The van der Waals surface area contributed by atoms with Crippen molar-refractivity contribution in [3.05, 3.63) is 70.1 Å². The summed E-state index contributed by atoms with van der Waals surface area (Å²) in [5.74, 6) is -0.475. The number of aromatic nitrogens is 1. The maximum atomic E-state index is 13.7. The fourth-order valence-electron chi connectivity index (χ4n) is 4.04. The number of hydrogen-bond donors (Lipinski definition) is 2. The van der Waals surface area contributed by atoms with Crippen LogP contribution in [0.25, 0.3) is 21.9 Å². The van der Waals surface area contributed by atoms with E-state index in [9.17, 15) is 19.5 Å². The molecule has 0 saturated carbocycles. The highest BCUT2D eigenvalue weighted by molar-refractivity contribution is 6.02. The number of carbonyl (C=O) groups excluding carboxylic acids is 1. The zero-order valence-electron chi connectivity index (χ0n) is 19.8. The Morgan fingerprint density at radius 1 is 1.06 bits per heavy atom. The topological polar surface area (TPSA) is 106 Å². The molecule has 0 bridgehead atoms. The van der Waals surface area contributed by atoms with Gasteiger partial charge in [0.05, 0.1) is 6.54 Å². The van der Waals surface area contributed by atoms with Crippen molar-refractivity contribution in [2.24, 2.45) is 11.7 Å². The number of hydrogen-bond acceptors (Lipinski definition) is 3. The Hall–Kier alpha value is -3.61. The van der Waals surface area contributed by atoms with Crippen LogP contribution in [-0.2, 0) is 13.1 Å². The number of nitrogens with two attached hydrogens (primary N) is 1. The molecular weight excluding hydrogens is 418 g/mol. The highest BCUT2D eigenvalue weighted by Gasteiger charge is 2.30. The molecule has 33 heavy (non-hydrogen) atoms. The van der Waals surface area contributed by atoms with E-state index in [0.29, 0.717) is 23.0 Å². The summed E-state index contributed by atoms with van der Waals surface area (Å²) in [5, 5.41) is 11.0. The van der Waals surface area contributed by atoms with Crippen molar-refractivity contribution in [3.8, 4) is 11.1 Å². The third-order valence-corrected chi connectivity index (χ3v) is 5.62. The molecule has 0 unspecified atom stereocenters. The standard InChI is InChI=1S/C26H31N3O4/c1-16(2)14-28-21(15-29(25(32)33)26(3,4)5)22(17-9-7-6-8-10-17)19-12-11-18(23(27)30)13-20(19)24(28)31/h6-13,16H,14-15H2,1-5H3,(H2,27,30)(H,32,33). The van der Waals surface area contributed by atoms with Gasteiger partial charge in [-0.3, -0.25) is 14.5 Å². The Balaban J connectivity index is 2.48. The van der Waals surface area contributed by atoms with E-state index in [1.807, 2.05) is 65.0 Å². The molecule has 0 fully saturated rings. The summed E-state index contributed by atoms with van der Waals surface area (Å²) in [6.45, 7) is 9.93. The molecule has 0 spiro atoms. The molecule has 174 valence electrons. The SMILES string of the molecule is CC(C)Cn1c(CN(C(=O)O)C(C)(C)C)c(-c2ccccc2)c2ccc(C(N)=O)cc2c1=O. The van der Waals surface area contributed by atoms with Crippen molar-refractivity contribution >= 4 is 22.8 Å². The number of benzene rings is 2. The third kappa shape index (κ3) is 4.92. The number of nitrogens with zero attached hydrogens (tertiary/aromatic N) is 2. The van der Waals surface area contributed by atoms with Crippen LogP contribution >= 0.6 is 0 Å². The molecule has 0 aliphatic rings. The van der Waals surface area contributed by atoms with E-state index in [1.54, 1.807) is 16.7 Å². The van der Waals surface area contributed by atoms with Gasteiger partial charge in [-0.05, 0) is 49.8 Å². The Morgan fingerprint density at radius 2 is 1.70 bits per heavy atom. The van der Waals surface area contributed by atoms with Crippen LogP contribution in [0, 0.1) is 5.92 Å². The fraction of sp³-hybridized carbons (Fsp3) is 0.346. The van der Waals surface area contributed by atoms with Crippen molar-refractivity contribution in [2.75, 3.05) is 0 Å². The molecule has 2 amide bonds. The summed E-state index contributed by atoms with van der Waals surface area (Å²) in [6, 6.07) is 14.4. The van der Waals surface area contributed by atoms with Crippen LogP contribution in [0.4, 0.5) is 4.79 Å². The van der Waals surface area contributed by atoms with Crippen molar-refractivity contribution in [1.29, 1.82) is 0 Å². The van der Waals surface area contributed by atoms with Crippen molar-refractivity contribution in [2.45, 2.75) is 53.2 Å². The number of pyridine rings is 1. The fourth-order valence-corrected chi connectivity index (χ4v) is 4.04. The summed E-state index contributed by atoms with van der Waals surface area (Å²) in [7, 11) is 0. The minimum Gasteiger partial charge on any atom is -0.465 e. The summed E-state index contributed by atoms with van der Waals surface area (Å²) in [4.78, 5) is 39.0. The van der Waals surface area contributed by atoms with Crippen LogP contribution in [0.1, 0.15) is 50.7 Å². The molecule has 0 aliphatic heterocycles. The monoisotopic (exact) mass is 449 g/mol. The van der Waals surface area contributed by atoms with Crippen LogP contribution in [-0.4, -0.2) is 32.1 Å². The number of fused-ring (bicyclic) bond motifs is 1. The molecule has 3 rings (SSSR count). The highest BCUT2D eigenvalue weighted by Crippen LogP contribution is 2.33. The van der Waals surface area contributed by atoms with Gasteiger partial charge >= 0.3 is 6.09 Å². The Morgan fingerprint density at radius 3 is 2.21 bits per heavy atom. The number of rotatable bonds is 6. The van der Waals surface area contributed by atoms with Gasteiger partial charge in [0.25, 0.3) is 5.56 Å². The lowest BCUT2D eigenvalue weighted by atomic mass is 9.94. The second kappa shape index (κ2) is 9.10. The van der Waals surface area contributed by atoms with Gasteiger partial charge in [-0.2, -0.15) is 0 Å². The molecule has 0 radical (unpaired) electrons. The minimum atomic E-state index is -1.06. The zero-order chi connectivity index (χ0) is 24.5. The number of primary amides is 1. The molecule has 3 aromatic rings. The molecule has 0 saturated heterocycles. The molecule has 7 heteroatoms. The molecule has 0 atom stereocenters. The Kier molecular flexibility index (Phi) is 6.63. The van der Waals surface area contributed by atoms with Gasteiger partial charge in [0.1, 0.15) is 0 Å². The van der Waals surface area contributed by atoms with Gasteiger partial charge in [-0.1, -0.05) is 50.2 Å². The summed E-state index contributed by atoms with van der Waals surface area (Å²) >= 11 is 0. The van der Waals surface area contributed by atoms with E-state index in [0.717, 1.165) is 11.1 Å². The van der Waals surface area contributed by atoms with Crippen molar-refractivity contribution in [1.82, 2.24) is 9.47 Å². The van der Waals surface area contributed by atoms with Gasteiger partial charge in [-0.25, -0.2) is 4.79 Å². The first-order valence-corrected chi connectivity index (χ1v) is 11.0. The summed E-state index contributed by atoms with van der Waals surface area (Å²) in [5.41, 5.74) is 7.05. The summed E-state index contributed by atoms with van der Waals surface area (Å²) < 4.78 is 1.65. The van der Waals surface area contributed by atoms with Crippen molar-refractivity contribution < 1.29 is 14.7 Å². The van der Waals surface area contributed by atoms with Gasteiger partial charge in [0.15, 0.2) is 0 Å². The zero-order valence-corrected chi connectivity index (χ0v) is 19.8. The maximum absolute atomic E-state index is 13.7. The molecular formula is C26H31N3O4. The first kappa shape index (κ1) is 24.0. The van der Waals surface area contributed by atoms with E-state index in [1.165, 1.54) is 11.0 Å². The van der Waals surface area contributed by atoms with Crippen LogP contribution in [0.2, 0.25) is 0 Å². The average molecular weight is 450 g/mol. The van der Waals surface area contributed by atoms with E-state index in [-0.39, 0.29) is 23.6 Å². The van der Waals surface area contributed by atoms with Crippen LogP contribution in [0.5, 0.6) is 0 Å². The maximum Gasteiger partial charge on any atom is 0.408 e.